The van der Waals surface area contributed by atoms with E-state index in [9.17, 15) is 9.59 Å². The molecule has 0 radical (unpaired) electrons. The van der Waals surface area contributed by atoms with E-state index in [2.05, 4.69) is 5.16 Å². The van der Waals surface area contributed by atoms with Crippen molar-refractivity contribution in [3.8, 4) is 0 Å². The van der Waals surface area contributed by atoms with E-state index in [1.807, 2.05) is 18.2 Å². The molecule has 3 rings (SSSR count). The fraction of sp³-hybridized carbons (Fsp3) is 0.357. The van der Waals surface area contributed by atoms with E-state index in [-0.39, 0.29) is 18.9 Å². The van der Waals surface area contributed by atoms with E-state index >= 15 is 0 Å². The quantitative estimate of drug-likeness (QED) is 0.912. The number of carboxylic acid groups (broad SMARTS) is 1. The largest absolute Gasteiger partial charge is 0.481 e. The third kappa shape index (κ3) is 2.24. The maximum Gasteiger partial charge on any atom is 0.308 e. The van der Waals surface area contributed by atoms with Crippen LogP contribution in [-0.4, -0.2) is 40.1 Å². The van der Waals surface area contributed by atoms with Gasteiger partial charge in [0.05, 0.1) is 12.3 Å². The predicted molar refractivity (Wildman–Crippen MR) is 70.0 cm³/mol. The molecule has 1 aromatic heterocycles. The van der Waals surface area contributed by atoms with Gasteiger partial charge < -0.3 is 14.5 Å². The summed E-state index contributed by atoms with van der Waals surface area (Å²) in [6.45, 7) is 0.773. The third-order valence-electron chi connectivity index (χ3n) is 3.66. The first-order chi connectivity index (χ1) is 9.65. The minimum atomic E-state index is -0.841. The third-order valence-corrected chi connectivity index (χ3v) is 3.66. The summed E-state index contributed by atoms with van der Waals surface area (Å²) in [5.74, 6) is -1.40. The molecule has 1 unspecified atom stereocenters. The summed E-state index contributed by atoms with van der Waals surface area (Å²) in [7, 11) is 0. The van der Waals surface area contributed by atoms with E-state index in [1.165, 1.54) is 0 Å². The van der Waals surface area contributed by atoms with Gasteiger partial charge >= 0.3 is 5.97 Å². The van der Waals surface area contributed by atoms with Crippen molar-refractivity contribution >= 4 is 22.8 Å². The topological polar surface area (TPSA) is 83.6 Å². The van der Waals surface area contributed by atoms with Gasteiger partial charge in [-0.15, -0.1) is 0 Å². The zero-order chi connectivity index (χ0) is 14.1. The maximum absolute atomic E-state index is 12.2. The first-order valence-electron chi connectivity index (χ1n) is 6.49. The zero-order valence-corrected chi connectivity index (χ0v) is 10.8. The lowest BCUT2D eigenvalue weighted by Crippen LogP contribution is -2.31. The van der Waals surface area contributed by atoms with Crippen molar-refractivity contribution in [3.05, 3.63) is 30.0 Å². The molecule has 2 heterocycles. The van der Waals surface area contributed by atoms with Gasteiger partial charge in [0.1, 0.15) is 5.69 Å². The number of aliphatic carboxylic acids is 1. The Bertz CT molecular complexity index is 664. The molecule has 2 aromatic rings. The summed E-state index contributed by atoms with van der Waals surface area (Å²) < 4.78 is 5.16. The van der Waals surface area contributed by atoms with Gasteiger partial charge in [0, 0.05) is 18.5 Å². The number of amides is 1. The van der Waals surface area contributed by atoms with Gasteiger partial charge in [-0.2, -0.15) is 0 Å². The number of nitrogens with zero attached hydrogens (tertiary/aromatic N) is 2. The number of aromatic nitrogens is 1. The van der Waals surface area contributed by atoms with Gasteiger partial charge in [-0.3, -0.25) is 9.59 Å². The van der Waals surface area contributed by atoms with Crippen molar-refractivity contribution in [1.29, 1.82) is 0 Å². The molecule has 6 heteroatoms. The SMILES string of the molecule is O=C(O)C1CCN(C(=O)Cc2noc3ccccc23)C1. The first kappa shape index (κ1) is 12.7. The minimum absolute atomic E-state index is 0.104. The van der Waals surface area contributed by atoms with Gasteiger partial charge in [0.15, 0.2) is 5.58 Å². The van der Waals surface area contributed by atoms with Crippen LogP contribution in [0.4, 0.5) is 0 Å². The Morgan fingerprint density at radius 1 is 1.40 bits per heavy atom. The number of hydrogen-bond acceptors (Lipinski definition) is 4. The van der Waals surface area contributed by atoms with Crippen LogP contribution in [0.25, 0.3) is 11.0 Å². The molecule has 0 bridgehead atoms. The van der Waals surface area contributed by atoms with Crippen LogP contribution in [0.15, 0.2) is 28.8 Å². The molecule has 1 aliphatic heterocycles. The van der Waals surface area contributed by atoms with E-state index < -0.39 is 11.9 Å². The van der Waals surface area contributed by atoms with Crippen molar-refractivity contribution in [1.82, 2.24) is 10.1 Å². The molecular formula is C14H14N2O4. The summed E-state index contributed by atoms with van der Waals surface area (Å²) in [6, 6.07) is 7.37. The second-order valence-electron chi connectivity index (χ2n) is 4.97. The average Bonchev–Trinajstić information content (AvgIpc) is 3.06. The molecular weight excluding hydrogens is 260 g/mol. The highest BCUT2D eigenvalue weighted by Gasteiger charge is 2.31. The van der Waals surface area contributed by atoms with Crippen LogP contribution in [0.5, 0.6) is 0 Å². The molecule has 20 heavy (non-hydrogen) atoms. The Morgan fingerprint density at radius 3 is 2.95 bits per heavy atom. The van der Waals surface area contributed by atoms with E-state index in [0.717, 1.165) is 5.39 Å². The molecule has 0 saturated carbocycles. The van der Waals surface area contributed by atoms with Gasteiger partial charge in [-0.05, 0) is 18.6 Å². The highest BCUT2D eigenvalue weighted by Crippen LogP contribution is 2.21. The van der Waals surface area contributed by atoms with Gasteiger partial charge in [0.25, 0.3) is 0 Å². The van der Waals surface area contributed by atoms with Crippen LogP contribution in [0.3, 0.4) is 0 Å². The molecule has 1 saturated heterocycles. The summed E-state index contributed by atoms with van der Waals surface area (Å²) in [5.41, 5.74) is 1.25. The second-order valence-corrected chi connectivity index (χ2v) is 4.97. The lowest BCUT2D eigenvalue weighted by molar-refractivity contribution is -0.141. The van der Waals surface area contributed by atoms with Crippen LogP contribution >= 0.6 is 0 Å². The van der Waals surface area contributed by atoms with Crippen LogP contribution in [0.2, 0.25) is 0 Å². The summed E-state index contributed by atoms with van der Waals surface area (Å²) in [5, 5.41) is 13.7. The van der Waals surface area contributed by atoms with Crippen LogP contribution in [0, 0.1) is 5.92 Å². The second kappa shape index (κ2) is 4.96. The molecule has 104 valence electrons. The van der Waals surface area contributed by atoms with Gasteiger partial charge in [-0.25, -0.2) is 0 Å². The molecule has 1 N–H and O–H groups in total. The number of likely N-dealkylation sites (tertiary alicyclic amines) is 1. The Hall–Kier alpha value is -2.37. The lowest BCUT2D eigenvalue weighted by atomic mass is 10.1. The number of hydrogen-bond donors (Lipinski definition) is 1. The molecule has 1 aromatic carbocycles. The number of carboxylic acids is 1. The van der Waals surface area contributed by atoms with Crippen molar-refractivity contribution in [3.63, 3.8) is 0 Å². The summed E-state index contributed by atoms with van der Waals surface area (Å²) in [4.78, 5) is 24.7. The summed E-state index contributed by atoms with van der Waals surface area (Å²) >= 11 is 0. The van der Waals surface area contributed by atoms with E-state index in [4.69, 9.17) is 9.63 Å². The Labute approximate surface area is 115 Å². The average molecular weight is 274 g/mol. The monoisotopic (exact) mass is 274 g/mol. The molecule has 1 amide bonds. The Balaban J connectivity index is 1.72. The van der Waals surface area contributed by atoms with E-state index in [0.29, 0.717) is 24.2 Å². The molecule has 0 aliphatic carbocycles. The number of para-hydroxylation sites is 1. The van der Waals surface area contributed by atoms with Crippen molar-refractivity contribution < 1.29 is 19.2 Å². The standard InChI is InChI=1S/C14H14N2O4/c17-13(16-6-5-9(8-16)14(18)19)7-11-10-3-1-2-4-12(10)20-15-11/h1-4,9H,5-8H2,(H,18,19). The molecule has 1 fully saturated rings. The van der Waals surface area contributed by atoms with Crippen LogP contribution in [-0.2, 0) is 16.0 Å². The Kier molecular flexibility index (Phi) is 3.14. The molecule has 1 aliphatic rings. The Morgan fingerprint density at radius 2 is 2.20 bits per heavy atom. The molecule has 0 spiro atoms. The first-order valence-corrected chi connectivity index (χ1v) is 6.49. The highest BCUT2D eigenvalue weighted by molar-refractivity contribution is 5.86. The molecule has 1 atom stereocenters. The predicted octanol–water partition coefficient (Wildman–Crippen LogP) is 1.30. The normalized spacial score (nSPS) is 18.6. The number of carbonyl (C=O) groups excluding carboxylic acids is 1. The van der Waals surface area contributed by atoms with Crippen molar-refractivity contribution in [2.24, 2.45) is 5.92 Å². The fourth-order valence-electron chi connectivity index (χ4n) is 2.51. The van der Waals surface area contributed by atoms with Crippen LogP contribution in [0.1, 0.15) is 12.1 Å². The van der Waals surface area contributed by atoms with E-state index in [1.54, 1.807) is 11.0 Å². The van der Waals surface area contributed by atoms with Crippen molar-refractivity contribution in [2.75, 3.05) is 13.1 Å². The number of benzene rings is 1. The molecule has 6 nitrogen and oxygen atoms in total. The van der Waals surface area contributed by atoms with Gasteiger partial charge in [0.2, 0.25) is 5.91 Å². The minimum Gasteiger partial charge on any atom is -0.481 e. The smallest absolute Gasteiger partial charge is 0.308 e. The number of rotatable bonds is 3. The van der Waals surface area contributed by atoms with Crippen molar-refractivity contribution in [2.45, 2.75) is 12.8 Å². The van der Waals surface area contributed by atoms with Gasteiger partial charge in [-0.1, -0.05) is 17.3 Å². The highest BCUT2D eigenvalue weighted by atomic mass is 16.5. The van der Waals surface area contributed by atoms with Crippen LogP contribution < -0.4 is 0 Å². The number of carbonyl (C=O) groups is 2. The number of fused-ring (bicyclic) bond motifs is 1. The zero-order valence-electron chi connectivity index (χ0n) is 10.8. The maximum atomic E-state index is 12.2. The fourth-order valence-corrected chi connectivity index (χ4v) is 2.51. The summed E-state index contributed by atoms with van der Waals surface area (Å²) in [6.07, 6.45) is 0.657. The lowest BCUT2D eigenvalue weighted by Gasteiger charge is -2.14.